The monoisotopic (exact) mass is 258 g/mol. The molecule has 2 aromatic rings. The smallest absolute Gasteiger partial charge is 0.212 e. The number of rotatable bonds is 5. The lowest BCUT2D eigenvalue weighted by atomic mass is 10.2. The van der Waals surface area contributed by atoms with Crippen molar-refractivity contribution in [2.45, 2.75) is 6.54 Å². The number of anilines is 2. The molecule has 2 rings (SSSR count). The summed E-state index contributed by atoms with van der Waals surface area (Å²) >= 11 is 0. The number of hydrogen-bond acceptors (Lipinski definition) is 5. The summed E-state index contributed by atoms with van der Waals surface area (Å²) in [5.41, 5.74) is 2.10. The number of ether oxygens (including phenoxy) is 1. The molecule has 19 heavy (non-hydrogen) atoms. The standard InChI is InChI=1S/C14H18N4O/c1-18(2)14-12(5-4-8-15-14)16-9-11-6-7-13(19-3)17-10-11/h4-8,10,16H,9H2,1-3H3. The van der Waals surface area contributed by atoms with Gasteiger partial charge in [-0.1, -0.05) is 6.07 Å². The van der Waals surface area contributed by atoms with E-state index in [2.05, 4.69) is 15.3 Å². The van der Waals surface area contributed by atoms with Crippen LogP contribution in [0.1, 0.15) is 5.56 Å². The zero-order valence-electron chi connectivity index (χ0n) is 11.4. The van der Waals surface area contributed by atoms with Crippen LogP contribution in [0.4, 0.5) is 11.5 Å². The minimum atomic E-state index is 0.624. The summed E-state index contributed by atoms with van der Waals surface area (Å²) in [6.45, 7) is 0.698. The molecule has 2 heterocycles. The maximum atomic E-state index is 5.03. The fraction of sp³-hybridized carbons (Fsp3) is 0.286. The van der Waals surface area contributed by atoms with Crippen molar-refractivity contribution in [3.63, 3.8) is 0 Å². The molecule has 0 amide bonds. The number of hydrogen-bond donors (Lipinski definition) is 1. The Hall–Kier alpha value is -2.30. The highest BCUT2D eigenvalue weighted by atomic mass is 16.5. The van der Waals surface area contributed by atoms with Crippen molar-refractivity contribution in [1.82, 2.24) is 9.97 Å². The third-order valence-electron chi connectivity index (χ3n) is 2.70. The van der Waals surface area contributed by atoms with Crippen LogP contribution in [0, 0.1) is 0 Å². The minimum Gasteiger partial charge on any atom is -0.481 e. The van der Waals surface area contributed by atoms with Crippen LogP contribution in [0.3, 0.4) is 0 Å². The summed E-state index contributed by atoms with van der Waals surface area (Å²) in [5.74, 6) is 1.54. The van der Waals surface area contributed by atoms with Crippen molar-refractivity contribution >= 4 is 11.5 Å². The van der Waals surface area contributed by atoms with Crippen LogP contribution >= 0.6 is 0 Å². The van der Waals surface area contributed by atoms with Gasteiger partial charge in [0.15, 0.2) is 5.82 Å². The van der Waals surface area contributed by atoms with E-state index in [1.54, 1.807) is 19.5 Å². The summed E-state index contributed by atoms with van der Waals surface area (Å²) in [6.07, 6.45) is 3.59. The van der Waals surface area contributed by atoms with Gasteiger partial charge in [0.25, 0.3) is 0 Å². The van der Waals surface area contributed by atoms with E-state index in [1.807, 2.05) is 43.3 Å². The molecular formula is C14H18N4O. The van der Waals surface area contributed by atoms with Crippen LogP contribution in [-0.4, -0.2) is 31.2 Å². The summed E-state index contributed by atoms with van der Waals surface area (Å²) in [4.78, 5) is 10.5. The third kappa shape index (κ3) is 3.34. The van der Waals surface area contributed by atoms with E-state index in [9.17, 15) is 0 Å². The molecule has 0 aromatic carbocycles. The highest BCUT2D eigenvalue weighted by molar-refractivity contribution is 5.64. The fourth-order valence-electron chi connectivity index (χ4n) is 1.72. The number of aromatic nitrogens is 2. The fourth-order valence-corrected chi connectivity index (χ4v) is 1.72. The number of nitrogens with zero attached hydrogens (tertiary/aromatic N) is 3. The molecule has 0 atom stereocenters. The Balaban J connectivity index is 2.05. The molecule has 1 N–H and O–H groups in total. The molecule has 5 heteroatoms. The minimum absolute atomic E-state index is 0.624. The first-order valence-corrected chi connectivity index (χ1v) is 6.06. The van der Waals surface area contributed by atoms with Gasteiger partial charge < -0.3 is 15.0 Å². The van der Waals surface area contributed by atoms with Gasteiger partial charge in [0.2, 0.25) is 5.88 Å². The molecule has 0 bridgehead atoms. The van der Waals surface area contributed by atoms with Crippen LogP contribution in [-0.2, 0) is 6.54 Å². The van der Waals surface area contributed by atoms with Crippen LogP contribution in [0.5, 0.6) is 5.88 Å². The maximum Gasteiger partial charge on any atom is 0.212 e. The molecule has 0 saturated carbocycles. The van der Waals surface area contributed by atoms with E-state index in [0.717, 1.165) is 17.1 Å². The molecule has 0 unspecified atom stereocenters. The highest BCUT2D eigenvalue weighted by Crippen LogP contribution is 2.21. The summed E-state index contributed by atoms with van der Waals surface area (Å²) in [5, 5.41) is 3.36. The second kappa shape index (κ2) is 6.04. The van der Waals surface area contributed by atoms with Crippen molar-refractivity contribution in [3.05, 3.63) is 42.2 Å². The van der Waals surface area contributed by atoms with Gasteiger partial charge in [-0.05, 0) is 17.7 Å². The largest absolute Gasteiger partial charge is 0.481 e. The van der Waals surface area contributed by atoms with E-state index in [0.29, 0.717) is 12.4 Å². The Bertz CT molecular complexity index is 525. The molecule has 5 nitrogen and oxygen atoms in total. The summed E-state index contributed by atoms with van der Waals surface area (Å²) < 4.78 is 5.03. The predicted octanol–water partition coefficient (Wildman–Crippen LogP) is 2.16. The van der Waals surface area contributed by atoms with E-state index in [-0.39, 0.29) is 0 Å². The zero-order chi connectivity index (χ0) is 13.7. The molecule has 0 aliphatic heterocycles. The van der Waals surface area contributed by atoms with Gasteiger partial charge in [-0.2, -0.15) is 0 Å². The van der Waals surface area contributed by atoms with Gasteiger partial charge in [0.1, 0.15) is 0 Å². The van der Waals surface area contributed by atoms with Crippen LogP contribution in [0.25, 0.3) is 0 Å². The van der Waals surface area contributed by atoms with Gasteiger partial charge in [-0.3, -0.25) is 0 Å². The van der Waals surface area contributed by atoms with Gasteiger partial charge in [-0.25, -0.2) is 9.97 Å². The van der Waals surface area contributed by atoms with Crippen LogP contribution in [0.15, 0.2) is 36.7 Å². The Morgan fingerprint density at radius 3 is 2.68 bits per heavy atom. The topological polar surface area (TPSA) is 50.3 Å². The first kappa shape index (κ1) is 13.1. The average molecular weight is 258 g/mol. The van der Waals surface area contributed by atoms with Crippen LogP contribution in [0.2, 0.25) is 0 Å². The van der Waals surface area contributed by atoms with E-state index >= 15 is 0 Å². The van der Waals surface area contributed by atoms with E-state index < -0.39 is 0 Å². The summed E-state index contributed by atoms with van der Waals surface area (Å²) in [7, 11) is 5.56. The SMILES string of the molecule is COc1ccc(CNc2cccnc2N(C)C)cn1. The van der Waals surface area contributed by atoms with Gasteiger partial charge in [-0.15, -0.1) is 0 Å². The Labute approximate surface area is 113 Å². The van der Waals surface area contributed by atoms with E-state index in [1.165, 1.54) is 0 Å². The summed E-state index contributed by atoms with van der Waals surface area (Å²) in [6, 6.07) is 7.78. The lowest BCUT2D eigenvalue weighted by Crippen LogP contribution is -2.13. The Morgan fingerprint density at radius 1 is 1.21 bits per heavy atom. The molecule has 2 aromatic heterocycles. The van der Waals surface area contributed by atoms with Crippen molar-refractivity contribution in [1.29, 1.82) is 0 Å². The van der Waals surface area contributed by atoms with E-state index in [4.69, 9.17) is 4.74 Å². The highest BCUT2D eigenvalue weighted by Gasteiger charge is 2.04. The first-order valence-electron chi connectivity index (χ1n) is 6.06. The van der Waals surface area contributed by atoms with Crippen molar-refractivity contribution in [2.24, 2.45) is 0 Å². The molecular weight excluding hydrogens is 240 g/mol. The predicted molar refractivity (Wildman–Crippen MR) is 76.7 cm³/mol. The van der Waals surface area contributed by atoms with Gasteiger partial charge >= 0.3 is 0 Å². The van der Waals surface area contributed by atoms with Crippen molar-refractivity contribution in [3.8, 4) is 5.88 Å². The molecule has 0 saturated heterocycles. The number of pyridine rings is 2. The average Bonchev–Trinajstić information content (AvgIpc) is 2.46. The Kier molecular flexibility index (Phi) is 4.18. The molecule has 100 valence electrons. The third-order valence-corrected chi connectivity index (χ3v) is 2.70. The second-order valence-electron chi connectivity index (χ2n) is 4.33. The number of methoxy groups -OCH3 is 1. The van der Waals surface area contributed by atoms with Gasteiger partial charge in [0, 0.05) is 39.1 Å². The number of nitrogens with one attached hydrogen (secondary N) is 1. The Morgan fingerprint density at radius 2 is 2.05 bits per heavy atom. The second-order valence-corrected chi connectivity index (χ2v) is 4.33. The van der Waals surface area contributed by atoms with Gasteiger partial charge in [0.05, 0.1) is 12.8 Å². The lowest BCUT2D eigenvalue weighted by molar-refractivity contribution is 0.397. The zero-order valence-corrected chi connectivity index (χ0v) is 11.4. The molecule has 0 fully saturated rings. The molecule has 0 radical (unpaired) electrons. The normalized spacial score (nSPS) is 10.1. The van der Waals surface area contributed by atoms with Crippen molar-refractivity contribution in [2.75, 3.05) is 31.4 Å². The molecule has 0 aliphatic rings. The lowest BCUT2D eigenvalue weighted by Gasteiger charge is -2.16. The first-order chi connectivity index (χ1) is 9.20. The quantitative estimate of drug-likeness (QED) is 0.890. The van der Waals surface area contributed by atoms with Crippen molar-refractivity contribution < 1.29 is 4.74 Å². The van der Waals surface area contributed by atoms with Crippen LogP contribution < -0.4 is 15.0 Å². The molecule has 0 aliphatic carbocycles. The maximum absolute atomic E-state index is 5.03. The molecule has 0 spiro atoms.